The Kier molecular flexibility index (Phi) is 4.30. The highest BCUT2D eigenvalue weighted by atomic mass is 16.2. The highest BCUT2D eigenvalue weighted by Gasteiger charge is 2.19. The molecule has 0 aliphatic rings. The molecule has 0 unspecified atom stereocenters. The van der Waals surface area contributed by atoms with Crippen molar-refractivity contribution in [3.8, 4) is 0 Å². The fraction of sp³-hybridized carbons (Fsp3) is 0.312. The number of carbonyl (C=O) groups excluding carboxylic acids is 2. The number of imidazole rings is 1. The van der Waals surface area contributed by atoms with Gasteiger partial charge in [-0.25, -0.2) is 13.9 Å². The van der Waals surface area contributed by atoms with E-state index in [1.807, 2.05) is 49.6 Å². The number of hydrogen-bond acceptors (Lipinski definition) is 2. The molecule has 0 atom stereocenters. The summed E-state index contributed by atoms with van der Waals surface area (Å²) in [6.45, 7) is 9.35. The number of rotatable bonds is 3. The molecule has 1 aromatic heterocycles. The van der Waals surface area contributed by atoms with Crippen molar-refractivity contribution in [1.82, 2.24) is 15.2 Å². The Morgan fingerprint density at radius 1 is 1.32 bits per heavy atom. The lowest BCUT2D eigenvalue weighted by Gasteiger charge is -2.20. The van der Waals surface area contributed by atoms with Crippen molar-refractivity contribution in [2.24, 2.45) is 0 Å². The average Bonchev–Trinajstić information content (AvgIpc) is 2.74. The van der Waals surface area contributed by atoms with Gasteiger partial charge < -0.3 is 5.32 Å². The topological polar surface area (TPSA) is 67.0 Å². The van der Waals surface area contributed by atoms with Crippen molar-refractivity contribution >= 4 is 29.2 Å². The Hall–Kier alpha value is -2.63. The molecule has 3 amide bonds. The third-order valence-electron chi connectivity index (χ3n) is 2.99. The molecule has 1 heterocycles. The Morgan fingerprint density at radius 2 is 2.00 bits per heavy atom. The minimum atomic E-state index is -0.495. The van der Waals surface area contributed by atoms with Crippen molar-refractivity contribution in [3.63, 3.8) is 0 Å². The van der Waals surface area contributed by atoms with Crippen LogP contribution in [0.3, 0.4) is 0 Å². The van der Waals surface area contributed by atoms with Gasteiger partial charge in [-0.15, -0.1) is 0 Å². The van der Waals surface area contributed by atoms with Crippen molar-refractivity contribution in [2.75, 3.05) is 0 Å². The molecule has 2 aromatic rings. The largest absolute Gasteiger partial charge is 0.333 e. The Labute approximate surface area is 129 Å². The predicted molar refractivity (Wildman–Crippen MR) is 84.9 cm³/mol. The van der Waals surface area contributed by atoms with Gasteiger partial charge in [0.25, 0.3) is 5.91 Å². The molecule has 0 radical (unpaired) electrons. The quantitative estimate of drug-likeness (QED) is 0.847. The van der Waals surface area contributed by atoms with E-state index in [0.717, 1.165) is 11.0 Å². The molecule has 0 saturated carbocycles. The van der Waals surface area contributed by atoms with Gasteiger partial charge in [0.15, 0.2) is 17.6 Å². The number of urea groups is 1. The summed E-state index contributed by atoms with van der Waals surface area (Å²) in [5, 5.41) is 5.02. The molecule has 0 spiro atoms. The summed E-state index contributed by atoms with van der Waals surface area (Å²) >= 11 is 0. The lowest BCUT2D eigenvalue weighted by atomic mass is 10.1. The van der Waals surface area contributed by atoms with Gasteiger partial charge in [-0.05, 0) is 32.9 Å². The maximum atomic E-state index is 12.0. The molecule has 0 aliphatic heterocycles. The number of amides is 3. The molecular weight excluding hydrogens is 280 g/mol. The molecule has 0 fully saturated rings. The monoisotopic (exact) mass is 301 g/mol. The molecule has 2 rings (SSSR count). The molecule has 2 N–H and O–H groups in total. The first-order valence-electron chi connectivity index (χ1n) is 7.04. The second-order valence-electron chi connectivity index (χ2n) is 6.07. The smallest absolute Gasteiger partial charge is 0.321 e. The van der Waals surface area contributed by atoms with E-state index < -0.39 is 11.6 Å². The van der Waals surface area contributed by atoms with E-state index in [2.05, 4.69) is 17.2 Å². The van der Waals surface area contributed by atoms with Crippen molar-refractivity contribution in [3.05, 3.63) is 37.2 Å². The Balaban J connectivity index is 2.12. The van der Waals surface area contributed by atoms with Crippen LogP contribution in [0.1, 0.15) is 20.8 Å². The van der Waals surface area contributed by atoms with Gasteiger partial charge in [0.05, 0.1) is 6.20 Å². The van der Waals surface area contributed by atoms with Gasteiger partial charge in [0.1, 0.15) is 0 Å². The fourth-order valence-corrected chi connectivity index (χ4v) is 2.16. The highest BCUT2D eigenvalue weighted by molar-refractivity contribution is 5.94. The SMILES string of the molecule is C=Cn1c[n+](CC(=O)NC(=O)NC(C)(C)C)c2ccccc21. The average molecular weight is 301 g/mol. The van der Waals surface area contributed by atoms with Crippen LogP contribution in [0, 0.1) is 0 Å². The molecule has 22 heavy (non-hydrogen) atoms. The van der Waals surface area contributed by atoms with Crippen LogP contribution in [-0.2, 0) is 11.3 Å². The number of imide groups is 1. The van der Waals surface area contributed by atoms with Crippen LogP contribution in [0.2, 0.25) is 0 Å². The Morgan fingerprint density at radius 3 is 2.64 bits per heavy atom. The first kappa shape index (κ1) is 15.8. The van der Waals surface area contributed by atoms with E-state index in [0.29, 0.717) is 0 Å². The lowest BCUT2D eigenvalue weighted by Crippen LogP contribution is -2.51. The number of carbonyl (C=O) groups is 2. The summed E-state index contributed by atoms with van der Waals surface area (Å²) in [6, 6.07) is 7.18. The van der Waals surface area contributed by atoms with Crippen LogP contribution in [-0.4, -0.2) is 22.0 Å². The second kappa shape index (κ2) is 6.01. The highest BCUT2D eigenvalue weighted by Crippen LogP contribution is 2.10. The fourth-order valence-electron chi connectivity index (χ4n) is 2.16. The van der Waals surface area contributed by atoms with Crippen LogP contribution >= 0.6 is 0 Å². The molecule has 6 heteroatoms. The molecular formula is C16H21N4O2+. The van der Waals surface area contributed by atoms with Gasteiger partial charge in [-0.2, -0.15) is 0 Å². The van der Waals surface area contributed by atoms with E-state index in [1.165, 1.54) is 0 Å². The maximum absolute atomic E-state index is 12.0. The van der Waals surface area contributed by atoms with E-state index >= 15 is 0 Å². The number of fused-ring (bicyclic) bond motifs is 1. The number of benzene rings is 1. The van der Waals surface area contributed by atoms with Gasteiger partial charge in [-0.3, -0.25) is 10.1 Å². The maximum Gasteiger partial charge on any atom is 0.321 e. The Bertz CT molecular complexity index is 725. The van der Waals surface area contributed by atoms with Crippen molar-refractivity contribution in [1.29, 1.82) is 0 Å². The summed E-state index contributed by atoms with van der Waals surface area (Å²) in [5.74, 6) is -0.376. The second-order valence-corrected chi connectivity index (χ2v) is 6.07. The van der Waals surface area contributed by atoms with Gasteiger partial charge in [-0.1, -0.05) is 18.7 Å². The minimum absolute atomic E-state index is 0.0545. The number of nitrogens with one attached hydrogen (secondary N) is 2. The van der Waals surface area contributed by atoms with Gasteiger partial charge in [0, 0.05) is 5.54 Å². The van der Waals surface area contributed by atoms with Crippen LogP contribution in [0.4, 0.5) is 4.79 Å². The van der Waals surface area contributed by atoms with E-state index in [1.54, 1.807) is 17.1 Å². The lowest BCUT2D eigenvalue weighted by molar-refractivity contribution is -0.658. The summed E-state index contributed by atoms with van der Waals surface area (Å²) in [7, 11) is 0. The molecule has 6 nitrogen and oxygen atoms in total. The van der Waals surface area contributed by atoms with Crippen molar-refractivity contribution in [2.45, 2.75) is 32.9 Å². The van der Waals surface area contributed by atoms with E-state index in [4.69, 9.17) is 0 Å². The molecule has 116 valence electrons. The zero-order chi connectivity index (χ0) is 16.3. The summed E-state index contributed by atoms with van der Waals surface area (Å²) in [5.41, 5.74) is 1.45. The minimum Gasteiger partial charge on any atom is -0.333 e. The zero-order valence-electron chi connectivity index (χ0n) is 13.1. The van der Waals surface area contributed by atoms with Crippen LogP contribution < -0.4 is 15.2 Å². The van der Waals surface area contributed by atoms with Crippen LogP contribution in [0.15, 0.2) is 37.2 Å². The normalized spacial score (nSPS) is 11.2. The number of para-hydroxylation sites is 2. The molecule has 0 bridgehead atoms. The summed E-state index contributed by atoms with van der Waals surface area (Å²) in [4.78, 5) is 23.7. The zero-order valence-corrected chi connectivity index (χ0v) is 13.1. The van der Waals surface area contributed by atoms with Crippen molar-refractivity contribution < 1.29 is 14.2 Å². The predicted octanol–water partition coefficient (Wildman–Crippen LogP) is 1.65. The summed E-state index contributed by atoms with van der Waals surface area (Å²) < 4.78 is 3.61. The standard InChI is InChI=1S/C16H20N4O2/c1-5-19-11-20(13-9-7-6-8-12(13)19)10-14(21)17-15(22)18-16(2,3)4/h5-9,11H,1,10H2,2-4H3,(H-,17,18,21,22)/p+1. The third kappa shape index (κ3) is 3.72. The third-order valence-corrected chi connectivity index (χ3v) is 2.99. The molecule has 0 saturated heterocycles. The van der Waals surface area contributed by atoms with Gasteiger partial charge >= 0.3 is 6.03 Å². The van der Waals surface area contributed by atoms with Gasteiger partial charge in [0.2, 0.25) is 6.33 Å². The molecule has 1 aromatic carbocycles. The first-order valence-corrected chi connectivity index (χ1v) is 7.04. The molecule has 0 aliphatic carbocycles. The van der Waals surface area contributed by atoms with E-state index in [9.17, 15) is 9.59 Å². The van der Waals surface area contributed by atoms with Crippen LogP contribution in [0.25, 0.3) is 17.2 Å². The number of nitrogens with zero attached hydrogens (tertiary/aromatic N) is 2. The number of aromatic nitrogens is 2. The first-order chi connectivity index (χ1) is 10.3. The summed E-state index contributed by atoms with van der Waals surface area (Å²) in [6.07, 6.45) is 3.45. The van der Waals surface area contributed by atoms with E-state index in [-0.39, 0.29) is 12.5 Å². The number of hydrogen-bond donors (Lipinski definition) is 2. The van der Waals surface area contributed by atoms with Crippen LogP contribution in [0.5, 0.6) is 0 Å².